The number of nitrogens with zero attached hydrogens (tertiary/aromatic N) is 5. The van der Waals surface area contributed by atoms with Gasteiger partial charge in [-0.3, -0.25) is 0 Å². The Kier molecular flexibility index (Phi) is 6.36. The van der Waals surface area contributed by atoms with Crippen molar-refractivity contribution in [3.05, 3.63) is 40.9 Å². The number of aromatic nitrogens is 4. The lowest BCUT2D eigenvalue weighted by molar-refractivity contribution is 0.184. The van der Waals surface area contributed by atoms with Crippen LogP contribution in [0.5, 0.6) is 0 Å². The van der Waals surface area contributed by atoms with Gasteiger partial charge in [0.15, 0.2) is 5.65 Å². The molecule has 1 aliphatic heterocycles. The van der Waals surface area contributed by atoms with Crippen LogP contribution in [0, 0.1) is 18.7 Å². The van der Waals surface area contributed by atoms with Gasteiger partial charge in [0.1, 0.15) is 17.0 Å². The highest BCUT2D eigenvalue weighted by Crippen LogP contribution is 2.30. The second-order valence-electron chi connectivity index (χ2n) is 7.41. The van der Waals surface area contributed by atoms with Crippen LogP contribution in [-0.2, 0) is 4.74 Å². The number of fused-ring (bicyclic) bond motifs is 1. The summed E-state index contributed by atoms with van der Waals surface area (Å²) in [7, 11) is 0. The van der Waals surface area contributed by atoms with Gasteiger partial charge in [-0.05, 0) is 43.9 Å². The maximum atomic E-state index is 14.7. The molecule has 1 atom stereocenters. The third-order valence-electron chi connectivity index (χ3n) is 5.19. The molecule has 0 aliphatic carbocycles. The van der Waals surface area contributed by atoms with Crippen LogP contribution in [0.4, 0.5) is 10.3 Å². The number of rotatable bonds is 7. The molecular formula is C21H23ClFN5O2. The number of benzene rings is 1. The molecule has 1 aliphatic rings. The van der Waals surface area contributed by atoms with E-state index in [0.29, 0.717) is 52.5 Å². The van der Waals surface area contributed by atoms with Crippen LogP contribution in [0.2, 0.25) is 5.02 Å². The summed E-state index contributed by atoms with van der Waals surface area (Å²) < 4.78 is 20.2. The smallest absolute Gasteiger partial charge is 0.228 e. The lowest BCUT2D eigenvalue weighted by Crippen LogP contribution is -2.31. The number of halogens is 2. The van der Waals surface area contributed by atoms with E-state index in [1.54, 1.807) is 18.3 Å². The van der Waals surface area contributed by atoms with Crippen LogP contribution in [-0.4, -0.2) is 58.0 Å². The zero-order valence-corrected chi connectivity index (χ0v) is 17.4. The summed E-state index contributed by atoms with van der Waals surface area (Å²) in [6, 6.07) is 4.44. The number of aliphatic hydroxyl groups is 1. The molecule has 0 spiro atoms. The predicted molar refractivity (Wildman–Crippen MR) is 113 cm³/mol. The maximum Gasteiger partial charge on any atom is 0.228 e. The van der Waals surface area contributed by atoms with Crippen molar-refractivity contribution in [2.24, 2.45) is 5.92 Å². The Labute approximate surface area is 178 Å². The van der Waals surface area contributed by atoms with Gasteiger partial charge in [0.2, 0.25) is 5.95 Å². The van der Waals surface area contributed by atoms with Gasteiger partial charge < -0.3 is 14.7 Å². The molecule has 0 radical (unpaired) electrons. The second-order valence-corrected chi connectivity index (χ2v) is 7.85. The van der Waals surface area contributed by atoms with E-state index in [0.717, 1.165) is 26.1 Å². The molecular weight excluding hydrogens is 409 g/mol. The molecule has 1 aromatic carbocycles. The summed E-state index contributed by atoms with van der Waals surface area (Å²) >= 11 is 5.92. The van der Waals surface area contributed by atoms with E-state index in [2.05, 4.69) is 19.9 Å². The lowest BCUT2D eigenvalue weighted by atomic mass is 10.1. The van der Waals surface area contributed by atoms with Crippen molar-refractivity contribution in [2.45, 2.75) is 19.8 Å². The summed E-state index contributed by atoms with van der Waals surface area (Å²) in [5, 5.41) is 9.89. The van der Waals surface area contributed by atoms with Crippen molar-refractivity contribution in [2.75, 3.05) is 37.8 Å². The minimum Gasteiger partial charge on any atom is -0.395 e. The van der Waals surface area contributed by atoms with E-state index in [-0.39, 0.29) is 12.2 Å². The summed E-state index contributed by atoms with van der Waals surface area (Å²) in [5.41, 5.74) is 2.13. The fraction of sp³-hybridized carbons (Fsp3) is 0.429. The highest BCUT2D eigenvalue weighted by Gasteiger charge is 2.21. The van der Waals surface area contributed by atoms with Crippen LogP contribution in [0.3, 0.4) is 0 Å². The number of aryl methyl sites for hydroxylation is 1. The quantitative estimate of drug-likeness (QED) is 0.613. The Morgan fingerprint density at radius 3 is 2.87 bits per heavy atom. The monoisotopic (exact) mass is 431 g/mol. The van der Waals surface area contributed by atoms with Gasteiger partial charge in [0.05, 0.1) is 12.3 Å². The van der Waals surface area contributed by atoms with Crippen molar-refractivity contribution in [1.82, 2.24) is 19.9 Å². The average Bonchev–Trinajstić information content (AvgIpc) is 3.24. The predicted octanol–water partition coefficient (Wildman–Crippen LogP) is 3.41. The highest BCUT2D eigenvalue weighted by molar-refractivity contribution is 6.30. The van der Waals surface area contributed by atoms with Gasteiger partial charge in [0, 0.05) is 43.1 Å². The molecule has 0 bridgehead atoms. The largest absolute Gasteiger partial charge is 0.395 e. The normalized spacial score (nSPS) is 16.3. The van der Waals surface area contributed by atoms with Crippen LogP contribution in [0.15, 0.2) is 24.4 Å². The fourth-order valence-electron chi connectivity index (χ4n) is 3.57. The van der Waals surface area contributed by atoms with E-state index < -0.39 is 5.82 Å². The van der Waals surface area contributed by atoms with E-state index in [1.165, 1.54) is 6.07 Å². The molecule has 4 rings (SSSR count). The molecule has 30 heavy (non-hydrogen) atoms. The minimum atomic E-state index is -0.493. The zero-order chi connectivity index (χ0) is 21.1. The molecule has 0 amide bonds. The molecule has 0 saturated carbocycles. The van der Waals surface area contributed by atoms with Gasteiger partial charge in [-0.1, -0.05) is 11.6 Å². The number of hydrogen-bond donors (Lipinski definition) is 1. The molecule has 1 unspecified atom stereocenters. The summed E-state index contributed by atoms with van der Waals surface area (Å²) in [6.07, 6.45) is 3.53. The molecule has 9 heteroatoms. The van der Waals surface area contributed by atoms with Crippen LogP contribution < -0.4 is 4.90 Å². The first-order valence-corrected chi connectivity index (χ1v) is 10.3. The van der Waals surface area contributed by atoms with Crippen LogP contribution >= 0.6 is 11.6 Å². The molecule has 2 aromatic heterocycles. The van der Waals surface area contributed by atoms with E-state index >= 15 is 0 Å². The van der Waals surface area contributed by atoms with E-state index in [9.17, 15) is 9.50 Å². The molecule has 3 heterocycles. The number of aliphatic hydroxyl groups excluding tert-OH is 1. The zero-order valence-electron chi connectivity index (χ0n) is 16.7. The van der Waals surface area contributed by atoms with Gasteiger partial charge in [-0.15, -0.1) is 0 Å². The van der Waals surface area contributed by atoms with E-state index in [4.69, 9.17) is 16.3 Å². The van der Waals surface area contributed by atoms with Crippen molar-refractivity contribution < 1.29 is 14.2 Å². The standard InChI is InChI=1S/C21H23ClFN5O2/c1-13-11-24-19-18(16-3-2-15(22)10-17(16)23)26-21(27-20(19)25-13)28(7-8-29)6-4-14-5-9-30-12-14/h2-3,10-11,14,29H,4-9,12H2,1H3. The molecule has 1 saturated heterocycles. The minimum absolute atomic E-state index is 0.0489. The van der Waals surface area contributed by atoms with Crippen molar-refractivity contribution in [3.63, 3.8) is 0 Å². The topological polar surface area (TPSA) is 84.3 Å². The van der Waals surface area contributed by atoms with Crippen molar-refractivity contribution in [1.29, 1.82) is 0 Å². The van der Waals surface area contributed by atoms with Crippen molar-refractivity contribution >= 4 is 28.7 Å². The van der Waals surface area contributed by atoms with Gasteiger partial charge >= 0.3 is 0 Å². The van der Waals surface area contributed by atoms with Gasteiger partial charge in [-0.2, -0.15) is 4.98 Å². The number of anilines is 1. The fourth-order valence-corrected chi connectivity index (χ4v) is 3.73. The maximum absolute atomic E-state index is 14.7. The summed E-state index contributed by atoms with van der Waals surface area (Å²) in [4.78, 5) is 20.0. The van der Waals surface area contributed by atoms with Gasteiger partial charge in [0.25, 0.3) is 0 Å². The third kappa shape index (κ3) is 4.50. The average molecular weight is 432 g/mol. The molecule has 3 aromatic rings. The van der Waals surface area contributed by atoms with E-state index in [1.807, 2.05) is 11.8 Å². The SMILES string of the molecule is Cc1cnc2c(-c3ccc(Cl)cc3F)nc(N(CCO)CCC3CCOC3)nc2n1. The second kappa shape index (κ2) is 9.16. The molecule has 7 nitrogen and oxygen atoms in total. The first kappa shape index (κ1) is 20.8. The Morgan fingerprint density at radius 1 is 1.27 bits per heavy atom. The number of ether oxygens (including phenoxy) is 1. The van der Waals surface area contributed by atoms with Crippen LogP contribution in [0.25, 0.3) is 22.4 Å². The highest BCUT2D eigenvalue weighted by atomic mass is 35.5. The van der Waals surface area contributed by atoms with Gasteiger partial charge in [-0.25, -0.2) is 19.3 Å². The lowest BCUT2D eigenvalue weighted by Gasteiger charge is -2.23. The Bertz CT molecular complexity index is 1050. The summed E-state index contributed by atoms with van der Waals surface area (Å²) in [6.45, 7) is 4.32. The first-order chi connectivity index (χ1) is 14.5. The first-order valence-electron chi connectivity index (χ1n) is 9.95. The Hall–Kier alpha value is -2.42. The molecule has 1 N–H and O–H groups in total. The Morgan fingerprint density at radius 2 is 2.13 bits per heavy atom. The van der Waals surface area contributed by atoms with Crippen molar-refractivity contribution in [3.8, 4) is 11.3 Å². The summed E-state index contributed by atoms with van der Waals surface area (Å²) in [5.74, 6) is 0.370. The van der Waals surface area contributed by atoms with Crippen LogP contribution in [0.1, 0.15) is 18.5 Å². The molecule has 1 fully saturated rings. The number of hydrogen-bond acceptors (Lipinski definition) is 7. The Balaban J connectivity index is 1.78. The third-order valence-corrected chi connectivity index (χ3v) is 5.42. The molecule has 158 valence electrons.